The molecule has 0 unspecified atom stereocenters. The molecule has 84 valence electrons. The minimum Gasteiger partial charge on any atom is -0.380 e. The van der Waals surface area contributed by atoms with Crippen LogP contribution in [-0.2, 0) is 0 Å². The van der Waals surface area contributed by atoms with E-state index in [0.717, 1.165) is 5.69 Å². The molecule has 4 N–H and O–H groups in total. The maximum atomic E-state index is 10.4. The number of nitro groups is 1. The first-order valence-corrected chi connectivity index (χ1v) is 4.41. The number of nitro benzene ring substituents is 1. The smallest absolute Gasteiger partial charge is 0.269 e. The predicted octanol–water partition coefficient (Wildman–Crippen LogP) is 2.97. The third-order valence-electron chi connectivity index (χ3n) is 1.60. The predicted molar refractivity (Wildman–Crippen MR) is 61.5 cm³/mol. The molecule has 1 aromatic rings. The van der Waals surface area contributed by atoms with Gasteiger partial charge in [0.15, 0.2) is 0 Å². The number of hydrogen-bond acceptors (Lipinski definition) is 4. The van der Waals surface area contributed by atoms with E-state index in [4.69, 9.17) is 0 Å². The number of nitrogens with one attached hydrogen (secondary N) is 1. The van der Waals surface area contributed by atoms with Gasteiger partial charge in [0.1, 0.15) is 0 Å². The highest BCUT2D eigenvalue weighted by atomic mass is 16.6. The molecule has 0 amide bonds. The molecular formula is C10H17N3O2. The zero-order chi connectivity index (χ0) is 10.8. The first-order chi connectivity index (χ1) is 6.38. The highest BCUT2D eigenvalue weighted by Crippen LogP contribution is 2.18. The molecule has 5 nitrogen and oxygen atoms in total. The monoisotopic (exact) mass is 211 g/mol. The van der Waals surface area contributed by atoms with Crippen molar-refractivity contribution in [1.29, 1.82) is 0 Å². The lowest BCUT2D eigenvalue weighted by Gasteiger charge is -2.21. The van der Waals surface area contributed by atoms with Crippen LogP contribution >= 0.6 is 0 Å². The van der Waals surface area contributed by atoms with E-state index >= 15 is 0 Å². The van der Waals surface area contributed by atoms with Gasteiger partial charge in [0.25, 0.3) is 5.69 Å². The molecule has 15 heavy (non-hydrogen) atoms. The van der Waals surface area contributed by atoms with Gasteiger partial charge in [-0.15, -0.1) is 0 Å². The van der Waals surface area contributed by atoms with E-state index in [9.17, 15) is 10.1 Å². The average molecular weight is 211 g/mol. The van der Waals surface area contributed by atoms with Crippen LogP contribution in [0.5, 0.6) is 0 Å². The molecule has 0 radical (unpaired) electrons. The minimum absolute atomic E-state index is 0. The van der Waals surface area contributed by atoms with Gasteiger partial charge >= 0.3 is 0 Å². The van der Waals surface area contributed by atoms with Crippen molar-refractivity contribution in [2.45, 2.75) is 26.3 Å². The van der Waals surface area contributed by atoms with Crippen molar-refractivity contribution < 1.29 is 4.92 Å². The summed E-state index contributed by atoms with van der Waals surface area (Å²) in [6.07, 6.45) is 0. The molecule has 1 rings (SSSR count). The Morgan fingerprint density at radius 2 is 1.67 bits per heavy atom. The van der Waals surface area contributed by atoms with Crippen molar-refractivity contribution >= 4 is 11.4 Å². The van der Waals surface area contributed by atoms with E-state index in [2.05, 4.69) is 5.32 Å². The largest absolute Gasteiger partial charge is 0.380 e. The van der Waals surface area contributed by atoms with E-state index in [1.54, 1.807) is 12.1 Å². The highest BCUT2D eigenvalue weighted by molar-refractivity contribution is 5.49. The van der Waals surface area contributed by atoms with Crippen LogP contribution in [0.4, 0.5) is 11.4 Å². The molecular weight excluding hydrogens is 194 g/mol. The maximum absolute atomic E-state index is 10.4. The summed E-state index contributed by atoms with van der Waals surface area (Å²) in [5.41, 5.74) is 0.975. The van der Waals surface area contributed by atoms with Crippen LogP contribution in [0.1, 0.15) is 20.8 Å². The van der Waals surface area contributed by atoms with E-state index in [-0.39, 0.29) is 17.4 Å². The first-order valence-electron chi connectivity index (χ1n) is 4.41. The molecule has 0 aliphatic carbocycles. The zero-order valence-corrected chi connectivity index (χ0v) is 9.28. The van der Waals surface area contributed by atoms with Crippen LogP contribution in [0.25, 0.3) is 0 Å². The van der Waals surface area contributed by atoms with Gasteiger partial charge < -0.3 is 11.5 Å². The lowest BCUT2D eigenvalue weighted by atomic mass is 10.1. The molecule has 0 saturated heterocycles. The first kappa shape index (κ1) is 13.4. The zero-order valence-electron chi connectivity index (χ0n) is 9.28. The summed E-state index contributed by atoms with van der Waals surface area (Å²) in [5.74, 6) is 0. The van der Waals surface area contributed by atoms with Crippen molar-refractivity contribution in [3.8, 4) is 0 Å². The van der Waals surface area contributed by atoms with E-state index in [0.29, 0.717) is 0 Å². The van der Waals surface area contributed by atoms with Crippen LogP contribution in [0.3, 0.4) is 0 Å². The fourth-order valence-electron chi connectivity index (χ4n) is 1.10. The van der Waals surface area contributed by atoms with Gasteiger partial charge in [-0.05, 0) is 32.9 Å². The van der Waals surface area contributed by atoms with Gasteiger partial charge in [0.05, 0.1) is 4.92 Å². The Morgan fingerprint density at radius 1 is 1.20 bits per heavy atom. The van der Waals surface area contributed by atoms with E-state index in [1.165, 1.54) is 12.1 Å². The normalized spacial score (nSPS) is 10.3. The summed E-state index contributed by atoms with van der Waals surface area (Å²) >= 11 is 0. The second-order valence-corrected chi connectivity index (χ2v) is 4.18. The van der Waals surface area contributed by atoms with Crippen molar-refractivity contribution in [2.24, 2.45) is 0 Å². The summed E-state index contributed by atoms with van der Waals surface area (Å²) in [4.78, 5) is 9.98. The molecule has 0 spiro atoms. The number of rotatable bonds is 2. The number of benzene rings is 1. The maximum Gasteiger partial charge on any atom is 0.269 e. The summed E-state index contributed by atoms with van der Waals surface area (Å²) < 4.78 is 0. The van der Waals surface area contributed by atoms with Crippen LogP contribution in [0.15, 0.2) is 24.3 Å². The van der Waals surface area contributed by atoms with Gasteiger partial charge in [0.2, 0.25) is 0 Å². The quantitative estimate of drug-likeness (QED) is 0.581. The standard InChI is InChI=1S/C10H14N2O2.H3N/c1-10(2,3)11-8-4-6-9(7-5-8)12(13)14;/h4-7,11H,1-3H3;1H3. The molecule has 0 aromatic heterocycles. The van der Waals surface area contributed by atoms with Crippen LogP contribution in [0.2, 0.25) is 0 Å². The summed E-state index contributed by atoms with van der Waals surface area (Å²) in [7, 11) is 0. The summed E-state index contributed by atoms with van der Waals surface area (Å²) in [6, 6.07) is 6.41. The SMILES string of the molecule is CC(C)(C)Nc1ccc([N+](=O)[O-])cc1.N. The molecule has 0 heterocycles. The fourth-order valence-corrected chi connectivity index (χ4v) is 1.10. The van der Waals surface area contributed by atoms with Gasteiger partial charge in [0, 0.05) is 23.4 Å². The van der Waals surface area contributed by atoms with Crippen molar-refractivity contribution in [3.05, 3.63) is 34.4 Å². The van der Waals surface area contributed by atoms with Gasteiger partial charge in [-0.1, -0.05) is 0 Å². The Labute approximate surface area is 89.2 Å². The van der Waals surface area contributed by atoms with Crippen molar-refractivity contribution in [2.75, 3.05) is 5.32 Å². The molecule has 5 heteroatoms. The summed E-state index contributed by atoms with van der Waals surface area (Å²) in [6.45, 7) is 6.11. The molecule has 1 aromatic carbocycles. The van der Waals surface area contributed by atoms with Crippen LogP contribution < -0.4 is 11.5 Å². The van der Waals surface area contributed by atoms with Crippen LogP contribution in [0, 0.1) is 10.1 Å². The lowest BCUT2D eigenvalue weighted by molar-refractivity contribution is -0.384. The Hall–Kier alpha value is -1.62. The topological polar surface area (TPSA) is 90.2 Å². The van der Waals surface area contributed by atoms with Crippen LogP contribution in [-0.4, -0.2) is 10.5 Å². The average Bonchev–Trinajstić information content (AvgIpc) is 2.02. The molecule has 0 aliphatic heterocycles. The number of hydrogen-bond donors (Lipinski definition) is 2. The van der Waals surface area contributed by atoms with E-state index in [1.807, 2.05) is 20.8 Å². The van der Waals surface area contributed by atoms with Gasteiger partial charge in [-0.3, -0.25) is 10.1 Å². The molecule has 0 aliphatic rings. The van der Waals surface area contributed by atoms with Gasteiger partial charge in [-0.2, -0.15) is 0 Å². The Morgan fingerprint density at radius 3 is 2.00 bits per heavy atom. The second-order valence-electron chi connectivity index (χ2n) is 4.18. The molecule has 0 bridgehead atoms. The third kappa shape index (κ3) is 4.42. The van der Waals surface area contributed by atoms with Crippen molar-refractivity contribution in [1.82, 2.24) is 6.15 Å². The summed E-state index contributed by atoms with van der Waals surface area (Å²) in [5, 5.41) is 13.6. The molecule has 0 fully saturated rings. The second kappa shape index (κ2) is 4.75. The Balaban J connectivity index is 0.00000196. The molecule has 0 saturated carbocycles. The minimum atomic E-state index is -0.402. The highest BCUT2D eigenvalue weighted by Gasteiger charge is 2.10. The lowest BCUT2D eigenvalue weighted by Crippen LogP contribution is -2.25. The fraction of sp³-hybridized carbons (Fsp3) is 0.400. The van der Waals surface area contributed by atoms with Gasteiger partial charge in [-0.25, -0.2) is 0 Å². The van der Waals surface area contributed by atoms with Crippen molar-refractivity contribution in [3.63, 3.8) is 0 Å². The number of nitrogens with zero attached hydrogens (tertiary/aromatic N) is 1. The Kier molecular flexibility index (Phi) is 4.23. The number of non-ortho nitro benzene ring substituents is 1. The number of anilines is 1. The Bertz CT molecular complexity index is 328. The molecule has 0 atom stereocenters. The van der Waals surface area contributed by atoms with E-state index < -0.39 is 4.92 Å². The third-order valence-corrected chi connectivity index (χ3v) is 1.60.